The molecule has 0 rings (SSSR count). The number of rotatable bonds is 47. The smallest absolute Gasteiger partial charge is 0.306 e. The van der Waals surface area contributed by atoms with E-state index < -0.39 is 18.2 Å². The van der Waals surface area contributed by atoms with Gasteiger partial charge in [-0.1, -0.05) is 250 Å². The molecule has 352 valence electrons. The van der Waals surface area contributed by atoms with Gasteiger partial charge in [0.2, 0.25) is 5.91 Å². The number of amides is 1. The van der Waals surface area contributed by atoms with E-state index in [-0.39, 0.29) is 24.9 Å². The summed E-state index contributed by atoms with van der Waals surface area (Å²) < 4.78 is 5.92. The van der Waals surface area contributed by atoms with Gasteiger partial charge < -0.3 is 20.3 Å². The van der Waals surface area contributed by atoms with Crippen LogP contribution < -0.4 is 5.32 Å². The zero-order valence-corrected chi connectivity index (χ0v) is 40.1. The van der Waals surface area contributed by atoms with Gasteiger partial charge in [-0.05, 0) is 44.9 Å². The summed E-state index contributed by atoms with van der Waals surface area (Å²) in [5.74, 6) is -0.498. The third-order valence-corrected chi connectivity index (χ3v) is 12.0. The Labute approximate surface area is 373 Å². The van der Waals surface area contributed by atoms with E-state index in [0.717, 1.165) is 70.6 Å². The van der Waals surface area contributed by atoms with E-state index in [1.54, 1.807) is 0 Å². The Morgan fingerprint density at radius 3 is 1.35 bits per heavy atom. The number of hydrogen-bond donors (Lipinski definition) is 3. The predicted molar refractivity (Wildman–Crippen MR) is 259 cm³/mol. The SMILES string of the molecule is CC/C=C/C=C/C=C\CCCCCC(CC(=O)NC(CO)C(O)CCCCCCCCCCCCCCCC)OC(=O)CCCCCCCCCCCCCCCCCC. The van der Waals surface area contributed by atoms with Crippen molar-refractivity contribution in [3.63, 3.8) is 0 Å². The Hall–Kier alpha value is -1.92. The van der Waals surface area contributed by atoms with Gasteiger partial charge in [0.05, 0.1) is 25.2 Å². The molecule has 0 heterocycles. The Morgan fingerprint density at radius 2 is 0.900 bits per heavy atom. The Morgan fingerprint density at radius 1 is 0.500 bits per heavy atom. The van der Waals surface area contributed by atoms with Crippen LogP contribution in [0.25, 0.3) is 0 Å². The average Bonchev–Trinajstić information content (AvgIpc) is 3.24. The van der Waals surface area contributed by atoms with Crippen molar-refractivity contribution in [2.45, 2.75) is 289 Å². The van der Waals surface area contributed by atoms with Crippen molar-refractivity contribution in [2.24, 2.45) is 0 Å². The lowest BCUT2D eigenvalue weighted by molar-refractivity contribution is -0.151. The van der Waals surface area contributed by atoms with Crippen LogP contribution in [0.2, 0.25) is 0 Å². The van der Waals surface area contributed by atoms with E-state index in [1.807, 2.05) is 6.08 Å². The number of ether oxygens (including phenoxy) is 1. The number of nitrogens with one attached hydrogen (secondary N) is 1. The topological polar surface area (TPSA) is 95.9 Å². The van der Waals surface area contributed by atoms with E-state index in [4.69, 9.17) is 4.74 Å². The summed E-state index contributed by atoms with van der Waals surface area (Å²) in [4.78, 5) is 26.1. The molecule has 6 heteroatoms. The van der Waals surface area contributed by atoms with E-state index >= 15 is 0 Å². The van der Waals surface area contributed by atoms with Crippen LogP contribution in [-0.4, -0.2) is 46.9 Å². The van der Waals surface area contributed by atoms with Crippen LogP contribution in [0.3, 0.4) is 0 Å². The first-order chi connectivity index (χ1) is 29.5. The lowest BCUT2D eigenvalue weighted by Crippen LogP contribution is -2.46. The third kappa shape index (κ3) is 42.8. The molecule has 0 aromatic heterocycles. The molecular formula is C54H101NO5. The van der Waals surface area contributed by atoms with Crippen molar-refractivity contribution >= 4 is 11.9 Å². The summed E-state index contributed by atoms with van der Waals surface area (Å²) in [7, 11) is 0. The number of carbonyl (C=O) groups is 2. The van der Waals surface area contributed by atoms with Gasteiger partial charge in [-0.2, -0.15) is 0 Å². The highest BCUT2D eigenvalue weighted by Crippen LogP contribution is 2.18. The maximum absolute atomic E-state index is 13.2. The first kappa shape index (κ1) is 58.1. The molecule has 0 aliphatic heterocycles. The molecule has 1 amide bonds. The van der Waals surface area contributed by atoms with Crippen LogP contribution in [0.15, 0.2) is 36.5 Å². The molecule has 3 unspecified atom stereocenters. The van der Waals surface area contributed by atoms with Crippen molar-refractivity contribution in [3.8, 4) is 0 Å². The summed E-state index contributed by atoms with van der Waals surface area (Å²) in [5.41, 5.74) is 0. The molecule has 0 bridgehead atoms. The molecule has 0 saturated carbocycles. The summed E-state index contributed by atoms with van der Waals surface area (Å²) in [6.45, 7) is 6.36. The fraction of sp³-hybridized carbons (Fsp3) is 0.852. The van der Waals surface area contributed by atoms with Gasteiger partial charge in [-0.15, -0.1) is 0 Å². The van der Waals surface area contributed by atoms with Gasteiger partial charge in [0.15, 0.2) is 0 Å². The number of allylic oxidation sites excluding steroid dienone is 6. The Kier molecular flexibility index (Phi) is 46.6. The molecule has 0 radical (unpaired) electrons. The highest BCUT2D eigenvalue weighted by atomic mass is 16.5. The molecular weight excluding hydrogens is 743 g/mol. The fourth-order valence-corrected chi connectivity index (χ4v) is 8.08. The lowest BCUT2D eigenvalue weighted by Gasteiger charge is -2.24. The zero-order chi connectivity index (χ0) is 43.8. The lowest BCUT2D eigenvalue weighted by atomic mass is 10.0. The highest BCUT2D eigenvalue weighted by Gasteiger charge is 2.24. The second-order valence-corrected chi connectivity index (χ2v) is 18.0. The molecule has 60 heavy (non-hydrogen) atoms. The number of hydrogen-bond acceptors (Lipinski definition) is 5. The van der Waals surface area contributed by atoms with Crippen molar-refractivity contribution in [2.75, 3.05) is 6.61 Å². The molecule has 0 aliphatic rings. The quantitative estimate of drug-likeness (QED) is 0.0322. The van der Waals surface area contributed by atoms with Gasteiger partial charge in [0.25, 0.3) is 0 Å². The monoisotopic (exact) mass is 844 g/mol. The minimum Gasteiger partial charge on any atom is -0.462 e. The molecule has 3 N–H and O–H groups in total. The van der Waals surface area contributed by atoms with Gasteiger partial charge >= 0.3 is 5.97 Å². The zero-order valence-electron chi connectivity index (χ0n) is 40.1. The maximum Gasteiger partial charge on any atom is 0.306 e. The minimum absolute atomic E-state index is 0.0583. The third-order valence-electron chi connectivity index (χ3n) is 12.0. The van der Waals surface area contributed by atoms with Crippen molar-refractivity contribution in [3.05, 3.63) is 36.5 Å². The van der Waals surface area contributed by atoms with Crippen molar-refractivity contribution in [1.82, 2.24) is 5.32 Å². The van der Waals surface area contributed by atoms with Crippen LogP contribution >= 0.6 is 0 Å². The van der Waals surface area contributed by atoms with Gasteiger partial charge in [-0.25, -0.2) is 0 Å². The van der Waals surface area contributed by atoms with Gasteiger partial charge in [0, 0.05) is 6.42 Å². The molecule has 0 aromatic carbocycles. The van der Waals surface area contributed by atoms with Crippen molar-refractivity contribution in [1.29, 1.82) is 0 Å². The van der Waals surface area contributed by atoms with Crippen LogP contribution in [-0.2, 0) is 14.3 Å². The highest BCUT2D eigenvalue weighted by molar-refractivity contribution is 5.77. The number of unbranched alkanes of at least 4 members (excludes halogenated alkanes) is 31. The number of aliphatic hydroxyl groups is 2. The first-order valence-electron chi connectivity index (χ1n) is 26.2. The molecule has 0 aliphatic carbocycles. The minimum atomic E-state index is -0.794. The van der Waals surface area contributed by atoms with Crippen LogP contribution in [0, 0.1) is 0 Å². The Balaban J connectivity index is 4.51. The molecule has 0 saturated heterocycles. The molecule has 3 atom stereocenters. The molecule has 0 fully saturated rings. The van der Waals surface area contributed by atoms with E-state index in [9.17, 15) is 19.8 Å². The maximum atomic E-state index is 13.2. The molecule has 6 nitrogen and oxygen atoms in total. The van der Waals surface area contributed by atoms with Gasteiger partial charge in [-0.3, -0.25) is 9.59 Å². The van der Waals surface area contributed by atoms with Crippen LogP contribution in [0.5, 0.6) is 0 Å². The second-order valence-electron chi connectivity index (χ2n) is 18.0. The standard InChI is InChI=1S/C54H101NO5/c1-4-7-10-13-16-19-22-24-26-27-29-32-35-38-41-44-47-54(59)60-50(45-42-39-36-33-30-21-18-15-12-9-6-3)48-53(58)55-51(49-56)52(57)46-43-40-37-34-31-28-25-23-20-17-14-11-8-5-2/h9,12,15,18,21,30,50-52,56-57H,4-8,10-11,13-14,16-17,19-20,22-29,31-49H2,1-3H3,(H,55,58)/b12-9+,18-15+,30-21-. The molecule has 0 spiro atoms. The summed E-state index contributed by atoms with van der Waals surface area (Å²) in [6.07, 6.45) is 56.4. The largest absolute Gasteiger partial charge is 0.462 e. The summed E-state index contributed by atoms with van der Waals surface area (Å²) in [5, 5.41) is 23.8. The molecule has 0 aromatic rings. The van der Waals surface area contributed by atoms with E-state index in [0.29, 0.717) is 19.3 Å². The van der Waals surface area contributed by atoms with Crippen molar-refractivity contribution < 1.29 is 24.5 Å². The van der Waals surface area contributed by atoms with Crippen LogP contribution in [0.4, 0.5) is 0 Å². The van der Waals surface area contributed by atoms with Gasteiger partial charge in [0.1, 0.15) is 6.10 Å². The summed E-state index contributed by atoms with van der Waals surface area (Å²) >= 11 is 0. The van der Waals surface area contributed by atoms with E-state index in [1.165, 1.54) is 154 Å². The normalized spacial score (nSPS) is 13.5. The number of aliphatic hydroxyl groups excluding tert-OH is 2. The number of esters is 1. The fourth-order valence-electron chi connectivity index (χ4n) is 8.08. The predicted octanol–water partition coefficient (Wildman–Crippen LogP) is 15.7. The summed E-state index contributed by atoms with van der Waals surface area (Å²) in [6, 6.07) is -0.709. The average molecular weight is 844 g/mol. The second kappa shape index (κ2) is 48.1. The first-order valence-corrected chi connectivity index (χ1v) is 26.2. The number of carbonyl (C=O) groups excluding carboxylic acids is 2. The van der Waals surface area contributed by atoms with E-state index in [2.05, 4.69) is 56.5 Å². The Bertz CT molecular complexity index is 993. The van der Waals surface area contributed by atoms with Crippen LogP contribution in [0.1, 0.15) is 271 Å².